The lowest BCUT2D eigenvalue weighted by Gasteiger charge is -2.23. The molecule has 0 radical (unpaired) electrons. The van der Waals surface area contributed by atoms with Gasteiger partial charge in [0.25, 0.3) is 0 Å². The zero-order valence-corrected chi connectivity index (χ0v) is 8.55. The zero-order chi connectivity index (χ0) is 8.97. The molecule has 1 heteroatoms. The van der Waals surface area contributed by atoms with Gasteiger partial charge >= 0.3 is 0 Å². The lowest BCUT2D eigenvalue weighted by Crippen LogP contribution is -2.23. The third-order valence-corrected chi connectivity index (χ3v) is 3.14. The molecule has 0 aromatic rings. The second-order valence-electron chi connectivity index (χ2n) is 4.67. The highest BCUT2D eigenvalue weighted by Crippen LogP contribution is 2.33. The second-order valence-corrected chi connectivity index (χ2v) is 4.67. The Morgan fingerprint density at radius 1 is 1.25 bits per heavy atom. The highest BCUT2D eigenvalue weighted by molar-refractivity contribution is 4.76. The molecule has 0 aromatic heterocycles. The van der Waals surface area contributed by atoms with Crippen LogP contribution in [0.4, 0.5) is 0 Å². The first kappa shape index (κ1) is 10.0. The second kappa shape index (κ2) is 4.86. The first-order valence-electron chi connectivity index (χ1n) is 5.44. The van der Waals surface area contributed by atoms with Crippen LogP contribution < -0.4 is 5.73 Å². The smallest absolute Gasteiger partial charge is 0.00461 e. The molecule has 12 heavy (non-hydrogen) atoms. The van der Waals surface area contributed by atoms with Crippen molar-refractivity contribution in [3.63, 3.8) is 0 Å². The summed E-state index contributed by atoms with van der Waals surface area (Å²) in [5.41, 5.74) is 5.80. The molecule has 0 saturated heterocycles. The van der Waals surface area contributed by atoms with E-state index in [2.05, 4.69) is 13.8 Å². The van der Waals surface area contributed by atoms with Crippen molar-refractivity contribution >= 4 is 0 Å². The normalized spacial score (nSPS) is 22.0. The van der Waals surface area contributed by atoms with E-state index in [-0.39, 0.29) is 0 Å². The van der Waals surface area contributed by atoms with Crippen LogP contribution in [0.15, 0.2) is 0 Å². The van der Waals surface area contributed by atoms with Crippen LogP contribution in [0.5, 0.6) is 0 Å². The quantitative estimate of drug-likeness (QED) is 0.688. The van der Waals surface area contributed by atoms with Gasteiger partial charge in [0.15, 0.2) is 0 Å². The number of hydrogen-bond acceptors (Lipinski definition) is 1. The molecule has 0 spiro atoms. The third-order valence-electron chi connectivity index (χ3n) is 3.14. The summed E-state index contributed by atoms with van der Waals surface area (Å²) in [6.45, 7) is 5.51. The molecule has 1 aliphatic rings. The summed E-state index contributed by atoms with van der Waals surface area (Å²) in [5.74, 6) is 2.59. The van der Waals surface area contributed by atoms with Crippen LogP contribution in [-0.4, -0.2) is 6.54 Å². The summed E-state index contributed by atoms with van der Waals surface area (Å²) in [6.07, 6.45) is 7.10. The Morgan fingerprint density at radius 2 is 1.83 bits per heavy atom. The van der Waals surface area contributed by atoms with Crippen LogP contribution in [0, 0.1) is 17.8 Å². The Kier molecular flexibility index (Phi) is 4.07. The van der Waals surface area contributed by atoms with Gasteiger partial charge in [0.1, 0.15) is 0 Å². The molecule has 0 amide bonds. The maximum atomic E-state index is 5.80. The van der Waals surface area contributed by atoms with Crippen molar-refractivity contribution in [3.05, 3.63) is 0 Å². The lowest BCUT2D eigenvalue weighted by atomic mass is 9.84. The number of hydrogen-bond donors (Lipinski definition) is 1. The van der Waals surface area contributed by atoms with Gasteiger partial charge in [-0.15, -0.1) is 0 Å². The molecule has 0 aliphatic heterocycles. The number of rotatable bonds is 4. The fourth-order valence-corrected chi connectivity index (χ4v) is 2.52. The third kappa shape index (κ3) is 2.78. The molecule has 0 bridgehead atoms. The molecule has 2 N–H and O–H groups in total. The molecule has 1 saturated carbocycles. The van der Waals surface area contributed by atoms with Crippen molar-refractivity contribution in [1.29, 1.82) is 0 Å². The minimum atomic E-state index is 0.812. The maximum Gasteiger partial charge on any atom is -0.00461 e. The highest BCUT2D eigenvalue weighted by atomic mass is 14.6. The lowest BCUT2D eigenvalue weighted by molar-refractivity contribution is 0.292. The monoisotopic (exact) mass is 169 g/mol. The van der Waals surface area contributed by atoms with Gasteiger partial charge in [0.2, 0.25) is 0 Å². The standard InChI is InChI=1S/C11H23N/c1-9(2)7-11(8-12)10-5-3-4-6-10/h9-11H,3-8,12H2,1-2H3. The zero-order valence-electron chi connectivity index (χ0n) is 8.55. The molecule has 1 nitrogen and oxygen atoms in total. The Labute approximate surface area is 76.7 Å². The van der Waals surface area contributed by atoms with Gasteiger partial charge in [-0.25, -0.2) is 0 Å². The molecule has 1 atom stereocenters. The fraction of sp³-hybridized carbons (Fsp3) is 1.00. The van der Waals surface area contributed by atoms with Crippen LogP contribution in [0.25, 0.3) is 0 Å². The van der Waals surface area contributed by atoms with Gasteiger partial charge in [0.05, 0.1) is 0 Å². The Balaban J connectivity index is 2.32. The summed E-state index contributed by atoms with van der Waals surface area (Å²) in [6, 6.07) is 0. The van der Waals surface area contributed by atoms with Gasteiger partial charge in [-0.05, 0) is 30.7 Å². The van der Waals surface area contributed by atoms with E-state index >= 15 is 0 Å². The van der Waals surface area contributed by atoms with Crippen LogP contribution in [0.1, 0.15) is 46.0 Å². The van der Waals surface area contributed by atoms with Crippen molar-refractivity contribution < 1.29 is 0 Å². The Bertz CT molecular complexity index is 114. The van der Waals surface area contributed by atoms with Gasteiger partial charge in [-0.3, -0.25) is 0 Å². The molecule has 0 aromatic carbocycles. The summed E-state index contributed by atoms with van der Waals surface area (Å²) >= 11 is 0. The van der Waals surface area contributed by atoms with E-state index in [1.165, 1.54) is 32.1 Å². The molecule has 1 rings (SSSR count). The molecule has 1 unspecified atom stereocenters. The predicted octanol–water partition coefficient (Wildman–Crippen LogP) is 2.80. The highest BCUT2D eigenvalue weighted by Gasteiger charge is 2.24. The SMILES string of the molecule is CC(C)CC(CN)C1CCCC1. The predicted molar refractivity (Wildman–Crippen MR) is 54.0 cm³/mol. The van der Waals surface area contributed by atoms with Gasteiger partial charge in [-0.2, -0.15) is 0 Å². The Morgan fingerprint density at radius 3 is 2.25 bits per heavy atom. The molecular formula is C11H23N. The van der Waals surface area contributed by atoms with E-state index in [1.807, 2.05) is 0 Å². The van der Waals surface area contributed by atoms with E-state index in [4.69, 9.17) is 5.73 Å². The van der Waals surface area contributed by atoms with Crippen LogP contribution in [-0.2, 0) is 0 Å². The van der Waals surface area contributed by atoms with Crippen molar-refractivity contribution in [2.75, 3.05) is 6.54 Å². The van der Waals surface area contributed by atoms with E-state index < -0.39 is 0 Å². The molecule has 72 valence electrons. The van der Waals surface area contributed by atoms with Crippen LogP contribution in [0.3, 0.4) is 0 Å². The Hall–Kier alpha value is -0.0400. The van der Waals surface area contributed by atoms with E-state index in [1.54, 1.807) is 0 Å². The molecular weight excluding hydrogens is 146 g/mol. The van der Waals surface area contributed by atoms with Crippen molar-refractivity contribution in [2.45, 2.75) is 46.0 Å². The average molecular weight is 169 g/mol. The largest absolute Gasteiger partial charge is 0.330 e. The van der Waals surface area contributed by atoms with Gasteiger partial charge in [-0.1, -0.05) is 39.5 Å². The first-order valence-corrected chi connectivity index (χ1v) is 5.44. The van der Waals surface area contributed by atoms with Crippen molar-refractivity contribution in [3.8, 4) is 0 Å². The van der Waals surface area contributed by atoms with Crippen molar-refractivity contribution in [2.24, 2.45) is 23.5 Å². The summed E-state index contributed by atoms with van der Waals surface area (Å²) in [5, 5.41) is 0. The minimum absolute atomic E-state index is 0.812. The average Bonchev–Trinajstić information content (AvgIpc) is 2.51. The minimum Gasteiger partial charge on any atom is -0.330 e. The van der Waals surface area contributed by atoms with E-state index in [0.29, 0.717) is 0 Å². The molecule has 1 aliphatic carbocycles. The fourth-order valence-electron chi connectivity index (χ4n) is 2.52. The topological polar surface area (TPSA) is 26.0 Å². The molecule has 1 fully saturated rings. The summed E-state index contributed by atoms with van der Waals surface area (Å²) in [7, 11) is 0. The van der Waals surface area contributed by atoms with Gasteiger partial charge in [0, 0.05) is 0 Å². The van der Waals surface area contributed by atoms with Crippen LogP contribution in [0.2, 0.25) is 0 Å². The van der Waals surface area contributed by atoms with E-state index in [9.17, 15) is 0 Å². The van der Waals surface area contributed by atoms with Gasteiger partial charge < -0.3 is 5.73 Å². The maximum absolute atomic E-state index is 5.80. The molecule has 0 heterocycles. The number of nitrogens with two attached hydrogens (primary N) is 1. The summed E-state index contributed by atoms with van der Waals surface area (Å²) < 4.78 is 0. The van der Waals surface area contributed by atoms with Crippen molar-refractivity contribution in [1.82, 2.24) is 0 Å². The van der Waals surface area contributed by atoms with E-state index in [0.717, 1.165) is 24.3 Å². The summed E-state index contributed by atoms with van der Waals surface area (Å²) in [4.78, 5) is 0. The van der Waals surface area contributed by atoms with Crippen LogP contribution >= 0.6 is 0 Å². The first-order chi connectivity index (χ1) is 5.74.